The molecule has 1 unspecified atom stereocenters. The van der Waals surface area contributed by atoms with Crippen LogP contribution in [-0.2, 0) is 17.8 Å². The normalized spacial score (nSPS) is 18.5. The lowest BCUT2D eigenvalue weighted by Gasteiger charge is -2.09. The second kappa shape index (κ2) is 7.29. The van der Waals surface area contributed by atoms with Crippen LogP contribution in [0.5, 0.6) is 0 Å². The molecule has 2 N–H and O–H groups in total. The quantitative estimate of drug-likeness (QED) is 0.823. The number of aryl methyl sites for hydroxylation is 1. The maximum absolute atomic E-state index is 11.8. The molecule has 104 valence electrons. The Morgan fingerprint density at radius 2 is 2.05 bits per heavy atom. The molecular weight excluding hydrogens is 236 g/mol. The first kappa shape index (κ1) is 14.1. The molecule has 0 saturated carbocycles. The van der Waals surface area contributed by atoms with Crippen LogP contribution in [0.2, 0.25) is 0 Å². The summed E-state index contributed by atoms with van der Waals surface area (Å²) in [6.45, 7) is 4.87. The van der Waals surface area contributed by atoms with Gasteiger partial charge >= 0.3 is 0 Å². The van der Waals surface area contributed by atoms with Crippen LogP contribution in [0.3, 0.4) is 0 Å². The number of carbonyl (C=O) groups excluding carboxylic acids is 1. The van der Waals surface area contributed by atoms with Crippen LogP contribution in [0.4, 0.5) is 0 Å². The van der Waals surface area contributed by atoms with Crippen molar-refractivity contribution in [3.63, 3.8) is 0 Å². The first-order valence-electron chi connectivity index (χ1n) is 7.33. The zero-order chi connectivity index (χ0) is 13.5. The van der Waals surface area contributed by atoms with Crippen LogP contribution in [-0.4, -0.2) is 19.0 Å². The molecule has 19 heavy (non-hydrogen) atoms. The lowest BCUT2D eigenvalue weighted by atomic mass is 10.0. The van der Waals surface area contributed by atoms with Crippen molar-refractivity contribution in [2.45, 2.75) is 39.2 Å². The minimum absolute atomic E-state index is 0.173. The number of benzene rings is 1. The molecule has 1 saturated heterocycles. The van der Waals surface area contributed by atoms with Gasteiger partial charge < -0.3 is 10.6 Å². The van der Waals surface area contributed by atoms with E-state index in [2.05, 4.69) is 41.8 Å². The van der Waals surface area contributed by atoms with Crippen molar-refractivity contribution in [2.24, 2.45) is 5.92 Å². The van der Waals surface area contributed by atoms with E-state index in [1.807, 2.05) is 0 Å². The molecule has 3 nitrogen and oxygen atoms in total. The van der Waals surface area contributed by atoms with Crippen LogP contribution in [0, 0.1) is 5.92 Å². The van der Waals surface area contributed by atoms with Gasteiger partial charge in [0.2, 0.25) is 5.91 Å². The van der Waals surface area contributed by atoms with Gasteiger partial charge in [0.15, 0.2) is 0 Å². The Kier molecular flexibility index (Phi) is 5.40. The van der Waals surface area contributed by atoms with Gasteiger partial charge in [-0.15, -0.1) is 0 Å². The minimum atomic E-state index is 0.173. The van der Waals surface area contributed by atoms with Gasteiger partial charge in [0.1, 0.15) is 0 Å². The van der Waals surface area contributed by atoms with E-state index in [1.54, 1.807) is 0 Å². The number of hydrogen-bond acceptors (Lipinski definition) is 2. The van der Waals surface area contributed by atoms with Gasteiger partial charge in [-0.1, -0.05) is 37.6 Å². The Morgan fingerprint density at radius 1 is 1.32 bits per heavy atom. The first-order valence-corrected chi connectivity index (χ1v) is 7.33. The fourth-order valence-electron chi connectivity index (χ4n) is 2.54. The third-order valence-corrected chi connectivity index (χ3v) is 3.69. The summed E-state index contributed by atoms with van der Waals surface area (Å²) in [5.41, 5.74) is 2.55. The Morgan fingerprint density at radius 3 is 2.68 bits per heavy atom. The van der Waals surface area contributed by atoms with Crippen LogP contribution in [0.15, 0.2) is 24.3 Å². The average molecular weight is 260 g/mol. The predicted octanol–water partition coefficient (Wildman–Crippen LogP) is 2.25. The highest BCUT2D eigenvalue weighted by Crippen LogP contribution is 2.12. The minimum Gasteiger partial charge on any atom is -0.352 e. The molecule has 3 heteroatoms. The number of hydrogen-bond donors (Lipinski definition) is 2. The molecule has 1 aromatic rings. The van der Waals surface area contributed by atoms with E-state index in [0.29, 0.717) is 18.9 Å². The highest BCUT2D eigenvalue weighted by Gasteiger charge is 2.17. The van der Waals surface area contributed by atoms with Gasteiger partial charge in [-0.05, 0) is 43.0 Å². The van der Waals surface area contributed by atoms with E-state index in [1.165, 1.54) is 17.5 Å². The van der Waals surface area contributed by atoms with Crippen molar-refractivity contribution in [2.75, 3.05) is 13.1 Å². The Bertz CT molecular complexity index is 394. The third-order valence-electron chi connectivity index (χ3n) is 3.69. The van der Waals surface area contributed by atoms with Crippen molar-refractivity contribution in [1.82, 2.24) is 10.6 Å². The summed E-state index contributed by atoms with van der Waals surface area (Å²) < 4.78 is 0. The zero-order valence-corrected chi connectivity index (χ0v) is 11.7. The third kappa shape index (κ3) is 4.67. The molecule has 1 atom stereocenters. The first-order chi connectivity index (χ1) is 9.28. The fourth-order valence-corrected chi connectivity index (χ4v) is 2.54. The molecule has 0 aromatic heterocycles. The van der Waals surface area contributed by atoms with Crippen molar-refractivity contribution in [3.05, 3.63) is 35.4 Å². The van der Waals surface area contributed by atoms with E-state index in [9.17, 15) is 4.79 Å². The summed E-state index contributed by atoms with van der Waals surface area (Å²) in [4.78, 5) is 11.8. The number of carbonyl (C=O) groups is 1. The topological polar surface area (TPSA) is 41.1 Å². The lowest BCUT2D eigenvalue weighted by Crippen LogP contribution is -2.25. The molecule has 1 heterocycles. The van der Waals surface area contributed by atoms with Gasteiger partial charge in [-0.2, -0.15) is 0 Å². The molecule has 1 amide bonds. The van der Waals surface area contributed by atoms with E-state index in [4.69, 9.17) is 0 Å². The second-order valence-corrected chi connectivity index (χ2v) is 5.41. The van der Waals surface area contributed by atoms with E-state index < -0.39 is 0 Å². The summed E-state index contributed by atoms with van der Waals surface area (Å²) in [5, 5.41) is 6.30. The largest absolute Gasteiger partial charge is 0.352 e. The maximum Gasteiger partial charge on any atom is 0.220 e. The van der Waals surface area contributed by atoms with Crippen LogP contribution in [0.25, 0.3) is 0 Å². The van der Waals surface area contributed by atoms with E-state index >= 15 is 0 Å². The lowest BCUT2D eigenvalue weighted by molar-refractivity contribution is -0.122. The number of rotatable bonds is 6. The Labute approximate surface area is 115 Å². The molecule has 2 rings (SSSR count). The van der Waals surface area contributed by atoms with Gasteiger partial charge in [0.05, 0.1) is 0 Å². The molecule has 1 aliphatic rings. The summed E-state index contributed by atoms with van der Waals surface area (Å²) >= 11 is 0. The van der Waals surface area contributed by atoms with Crippen molar-refractivity contribution in [3.8, 4) is 0 Å². The monoisotopic (exact) mass is 260 g/mol. The summed E-state index contributed by atoms with van der Waals surface area (Å²) in [7, 11) is 0. The van der Waals surface area contributed by atoms with Crippen LogP contribution < -0.4 is 10.6 Å². The summed E-state index contributed by atoms with van der Waals surface area (Å²) in [6.07, 6.45) is 4.08. The molecule has 0 spiro atoms. The predicted molar refractivity (Wildman–Crippen MR) is 77.9 cm³/mol. The molecule has 0 aliphatic carbocycles. The molecule has 0 bridgehead atoms. The van der Waals surface area contributed by atoms with E-state index in [-0.39, 0.29) is 5.91 Å². The van der Waals surface area contributed by atoms with E-state index in [0.717, 1.165) is 25.9 Å². The molecule has 0 radical (unpaired) electrons. The summed E-state index contributed by atoms with van der Waals surface area (Å²) in [6, 6.07) is 8.54. The smallest absolute Gasteiger partial charge is 0.220 e. The molecular formula is C16H24N2O. The highest BCUT2D eigenvalue weighted by molar-refractivity contribution is 5.76. The number of amides is 1. The second-order valence-electron chi connectivity index (χ2n) is 5.41. The Balaban J connectivity index is 1.73. The number of nitrogens with one attached hydrogen (secondary N) is 2. The van der Waals surface area contributed by atoms with Crippen molar-refractivity contribution >= 4 is 5.91 Å². The zero-order valence-electron chi connectivity index (χ0n) is 11.7. The Hall–Kier alpha value is -1.35. The molecule has 1 aromatic carbocycles. The molecule has 1 aliphatic heterocycles. The van der Waals surface area contributed by atoms with Gasteiger partial charge in [-0.3, -0.25) is 4.79 Å². The van der Waals surface area contributed by atoms with Crippen molar-refractivity contribution < 1.29 is 4.79 Å². The van der Waals surface area contributed by atoms with Crippen molar-refractivity contribution in [1.29, 1.82) is 0 Å². The highest BCUT2D eigenvalue weighted by atomic mass is 16.1. The summed E-state index contributed by atoms with van der Waals surface area (Å²) in [5.74, 6) is 0.693. The standard InChI is InChI=1S/C16H24N2O/c1-2-3-13-4-6-14(7-5-13)12-18-16(19)10-15-8-9-17-11-15/h4-7,15,17H,2-3,8-12H2,1H3,(H,18,19). The van der Waals surface area contributed by atoms with Gasteiger partial charge in [-0.25, -0.2) is 0 Å². The van der Waals surface area contributed by atoms with Gasteiger partial charge in [0.25, 0.3) is 0 Å². The average Bonchev–Trinajstić information content (AvgIpc) is 2.91. The SMILES string of the molecule is CCCc1ccc(CNC(=O)CC2CCNC2)cc1. The maximum atomic E-state index is 11.8. The van der Waals surface area contributed by atoms with Crippen LogP contribution >= 0.6 is 0 Å². The van der Waals surface area contributed by atoms with Gasteiger partial charge in [0, 0.05) is 13.0 Å². The van der Waals surface area contributed by atoms with Crippen LogP contribution in [0.1, 0.15) is 37.3 Å². The molecule has 1 fully saturated rings. The fraction of sp³-hybridized carbons (Fsp3) is 0.562.